The number of carbonyl (C=O) groups excluding carboxylic acids is 1. The van der Waals surface area contributed by atoms with Crippen LogP contribution in [0.3, 0.4) is 0 Å². The Labute approximate surface area is 94.8 Å². The van der Waals surface area contributed by atoms with Crippen LogP contribution in [0.25, 0.3) is 0 Å². The molecule has 0 aromatic heterocycles. The number of nitrogens with one attached hydrogen (secondary N) is 1. The van der Waals surface area contributed by atoms with E-state index in [0.29, 0.717) is 13.1 Å². The van der Waals surface area contributed by atoms with Crippen molar-refractivity contribution in [3.8, 4) is 6.07 Å². The maximum Gasteiger partial charge on any atom is 0.307 e. The summed E-state index contributed by atoms with van der Waals surface area (Å²) in [7, 11) is 1.68. The van der Waals surface area contributed by atoms with Gasteiger partial charge in [0, 0.05) is 13.1 Å². The zero-order valence-corrected chi connectivity index (χ0v) is 9.56. The minimum Gasteiger partial charge on any atom is -0.481 e. The number of carbonyl (C=O) groups is 2. The van der Waals surface area contributed by atoms with E-state index in [2.05, 4.69) is 5.32 Å². The van der Waals surface area contributed by atoms with Crippen LogP contribution in [0.15, 0.2) is 0 Å². The van der Waals surface area contributed by atoms with Gasteiger partial charge >= 0.3 is 5.97 Å². The lowest BCUT2D eigenvalue weighted by molar-refractivity contribution is -0.142. The van der Waals surface area contributed by atoms with Crippen molar-refractivity contribution >= 4 is 11.9 Å². The Morgan fingerprint density at radius 3 is 2.69 bits per heavy atom. The van der Waals surface area contributed by atoms with Gasteiger partial charge in [0.05, 0.1) is 25.0 Å². The monoisotopic (exact) mass is 227 g/mol. The first-order chi connectivity index (χ1) is 7.47. The minimum atomic E-state index is -0.878. The van der Waals surface area contributed by atoms with E-state index in [0.717, 1.165) is 0 Å². The molecule has 1 unspecified atom stereocenters. The van der Waals surface area contributed by atoms with Crippen LogP contribution in [0.4, 0.5) is 0 Å². The number of aliphatic carboxylic acids is 1. The largest absolute Gasteiger partial charge is 0.481 e. The summed E-state index contributed by atoms with van der Waals surface area (Å²) in [4.78, 5) is 23.5. The van der Waals surface area contributed by atoms with Gasteiger partial charge in [-0.25, -0.2) is 0 Å². The SMILES string of the molecule is CC(CN(C)CC(=O)NCCC#N)C(=O)O. The maximum absolute atomic E-state index is 11.3. The number of carboxylic acid groups (broad SMARTS) is 1. The zero-order chi connectivity index (χ0) is 12.6. The van der Waals surface area contributed by atoms with E-state index in [4.69, 9.17) is 10.4 Å². The van der Waals surface area contributed by atoms with Gasteiger partial charge in [0.1, 0.15) is 0 Å². The van der Waals surface area contributed by atoms with Crippen molar-refractivity contribution in [2.24, 2.45) is 5.92 Å². The van der Waals surface area contributed by atoms with Crippen molar-refractivity contribution in [3.63, 3.8) is 0 Å². The molecule has 0 saturated carbocycles. The molecule has 0 heterocycles. The molecule has 0 spiro atoms. The highest BCUT2D eigenvalue weighted by Gasteiger charge is 2.15. The number of nitriles is 1. The van der Waals surface area contributed by atoms with Crippen molar-refractivity contribution in [2.45, 2.75) is 13.3 Å². The molecule has 6 nitrogen and oxygen atoms in total. The number of hydrogen-bond acceptors (Lipinski definition) is 4. The fourth-order valence-electron chi connectivity index (χ4n) is 1.17. The Bertz CT molecular complexity index is 286. The van der Waals surface area contributed by atoms with Crippen molar-refractivity contribution in [1.82, 2.24) is 10.2 Å². The van der Waals surface area contributed by atoms with Crippen molar-refractivity contribution in [1.29, 1.82) is 5.26 Å². The quantitative estimate of drug-likeness (QED) is 0.581. The molecule has 0 fully saturated rings. The van der Waals surface area contributed by atoms with Gasteiger partial charge < -0.3 is 10.4 Å². The third-order valence-corrected chi connectivity index (χ3v) is 1.98. The van der Waals surface area contributed by atoms with Crippen LogP contribution in [-0.4, -0.2) is 48.6 Å². The summed E-state index contributed by atoms with van der Waals surface area (Å²) in [6.07, 6.45) is 0.279. The first-order valence-corrected chi connectivity index (χ1v) is 5.02. The van der Waals surface area contributed by atoms with Gasteiger partial charge in [-0.1, -0.05) is 6.92 Å². The average molecular weight is 227 g/mol. The van der Waals surface area contributed by atoms with Crippen LogP contribution < -0.4 is 5.32 Å². The van der Waals surface area contributed by atoms with Crippen LogP contribution in [-0.2, 0) is 9.59 Å². The van der Waals surface area contributed by atoms with Crippen molar-refractivity contribution in [2.75, 3.05) is 26.7 Å². The van der Waals surface area contributed by atoms with E-state index in [1.54, 1.807) is 18.9 Å². The van der Waals surface area contributed by atoms with Gasteiger partial charge in [0.25, 0.3) is 0 Å². The van der Waals surface area contributed by atoms with E-state index >= 15 is 0 Å². The number of nitrogens with zero attached hydrogens (tertiary/aromatic N) is 2. The van der Waals surface area contributed by atoms with Gasteiger partial charge in [-0.2, -0.15) is 5.26 Å². The van der Waals surface area contributed by atoms with Gasteiger partial charge in [0.15, 0.2) is 0 Å². The fourth-order valence-corrected chi connectivity index (χ4v) is 1.17. The number of rotatable bonds is 7. The van der Waals surface area contributed by atoms with Crippen molar-refractivity contribution in [3.05, 3.63) is 0 Å². The van der Waals surface area contributed by atoms with Crippen LogP contribution >= 0.6 is 0 Å². The van der Waals surface area contributed by atoms with Crippen LogP contribution in [0, 0.1) is 17.2 Å². The number of hydrogen-bond donors (Lipinski definition) is 2. The molecule has 16 heavy (non-hydrogen) atoms. The summed E-state index contributed by atoms with van der Waals surface area (Å²) in [5, 5.41) is 19.5. The molecule has 0 bridgehead atoms. The molecule has 0 aromatic rings. The summed E-state index contributed by atoms with van der Waals surface area (Å²) >= 11 is 0. The molecule has 0 aliphatic heterocycles. The van der Waals surface area contributed by atoms with Crippen LogP contribution in [0.2, 0.25) is 0 Å². The number of likely N-dealkylation sites (N-methyl/N-ethyl adjacent to an activating group) is 1. The molecular formula is C10H17N3O3. The van der Waals surface area contributed by atoms with Gasteiger partial charge in [-0.3, -0.25) is 14.5 Å². The Morgan fingerprint density at radius 1 is 1.56 bits per heavy atom. The summed E-state index contributed by atoms with van der Waals surface area (Å²) in [6, 6.07) is 1.92. The molecule has 0 radical (unpaired) electrons. The molecule has 0 rings (SSSR count). The lowest BCUT2D eigenvalue weighted by atomic mass is 10.2. The van der Waals surface area contributed by atoms with Crippen molar-refractivity contribution < 1.29 is 14.7 Å². The van der Waals surface area contributed by atoms with Gasteiger partial charge in [-0.15, -0.1) is 0 Å². The molecule has 6 heteroatoms. The topological polar surface area (TPSA) is 93.4 Å². The highest BCUT2D eigenvalue weighted by atomic mass is 16.4. The second kappa shape index (κ2) is 7.65. The normalized spacial score (nSPS) is 11.9. The molecule has 90 valence electrons. The second-order valence-electron chi connectivity index (χ2n) is 3.69. The van der Waals surface area contributed by atoms with E-state index in [1.807, 2.05) is 6.07 Å². The molecule has 0 aliphatic carbocycles. The Kier molecular flexibility index (Phi) is 6.88. The second-order valence-corrected chi connectivity index (χ2v) is 3.69. The summed E-state index contributed by atoms with van der Waals surface area (Å²) in [5.41, 5.74) is 0. The predicted octanol–water partition coefficient (Wildman–Crippen LogP) is -0.331. The molecule has 0 aliphatic rings. The number of amides is 1. The van der Waals surface area contributed by atoms with Crippen LogP contribution in [0.1, 0.15) is 13.3 Å². The third kappa shape index (κ3) is 6.79. The van der Waals surface area contributed by atoms with E-state index in [9.17, 15) is 9.59 Å². The van der Waals surface area contributed by atoms with Gasteiger partial charge in [-0.05, 0) is 7.05 Å². The summed E-state index contributed by atoms with van der Waals surface area (Å²) < 4.78 is 0. The molecule has 1 atom stereocenters. The Balaban J connectivity index is 3.78. The summed E-state index contributed by atoms with van der Waals surface area (Å²) in [5.74, 6) is -1.58. The molecular weight excluding hydrogens is 210 g/mol. The lowest BCUT2D eigenvalue weighted by Crippen LogP contribution is -2.38. The Hall–Kier alpha value is -1.61. The van der Waals surface area contributed by atoms with E-state index in [1.165, 1.54) is 0 Å². The highest BCUT2D eigenvalue weighted by molar-refractivity contribution is 5.78. The number of carboxylic acids is 1. The summed E-state index contributed by atoms with van der Waals surface area (Å²) in [6.45, 7) is 2.38. The Morgan fingerprint density at radius 2 is 2.19 bits per heavy atom. The third-order valence-electron chi connectivity index (χ3n) is 1.98. The molecule has 2 N–H and O–H groups in total. The molecule has 1 amide bonds. The minimum absolute atomic E-state index is 0.142. The molecule has 0 saturated heterocycles. The highest BCUT2D eigenvalue weighted by Crippen LogP contribution is 1.97. The standard InChI is InChI=1S/C10H17N3O3/c1-8(10(15)16)6-13(2)7-9(14)12-5-3-4-11/h8H,3,5-7H2,1-2H3,(H,12,14)(H,15,16). The smallest absolute Gasteiger partial charge is 0.307 e. The lowest BCUT2D eigenvalue weighted by Gasteiger charge is -2.18. The molecule has 0 aromatic carbocycles. The zero-order valence-electron chi connectivity index (χ0n) is 9.56. The fraction of sp³-hybridized carbons (Fsp3) is 0.700. The van der Waals surface area contributed by atoms with Gasteiger partial charge in [0.2, 0.25) is 5.91 Å². The maximum atomic E-state index is 11.3. The average Bonchev–Trinajstić information content (AvgIpc) is 2.17. The first-order valence-electron chi connectivity index (χ1n) is 5.02. The van der Waals surface area contributed by atoms with E-state index in [-0.39, 0.29) is 18.9 Å². The predicted molar refractivity (Wildman–Crippen MR) is 57.5 cm³/mol. The first kappa shape index (κ1) is 14.4. The van der Waals surface area contributed by atoms with Crippen LogP contribution in [0.5, 0.6) is 0 Å². The van der Waals surface area contributed by atoms with E-state index < -0.39 is 11.9 Å².